The lowest BCUT2D eigenvalue weighted by atomic mass is 9.94. The number of amides is 3. The first-order chi connectivity index (χ1) is 18.9. The highest BCUT2D eigenvalue weighted by Crippen LogP contribution is 2.33. The Hall–Kier alpha value is -3.43. The minimum Gasteiger partial charge on any atom is -0.490 e. The zero-order chi connectivity index (χ0) is 27.4. The normalized spacial score (nSPS) is 24.3. The molecule has 9 heteroatoms. The maximum absolute atomic E-state index is 13.5. The summed E-state index contributed by atoms with van der Waals surface area (Å²) in [6, 6.07) is 14.8. The topological polar surface area (TPSA) is 106 Å². The number of anilines is 1. The van der Waals surface area contributed by atoms with Gasteiger partial charge in [-0.1, -0.05) is 30.3 Å². The van der Waals surface area contributed by atoms with Crippen molar-refractivity contribution in [3.05, 3.63) is 59.7 Å². The summed E-state index contributed by atoms with van der Waals surface area (Å²) in [5, 5.41) is 6.01. The molecule has 0 saturated carbocycles. The minimum absolute atomic E-state index is 0.0557. The Labute approximate surface area is 229 Å². The number of fused-ring (bicyclic) bond motifs is 2. The van der Waals surface area contributed by atoms with Gasteiger partial charge in [-0.2, -0.15) is 0 Å². The summed E-state index contributed by atoms with van der Waals surface area (Å²) >= 11 is 0. The van der Waals surface area contributed by atoms with Crippen molar-refractivity contribution in [1.29, 1.82) is 0 Å². The summed E-state index contributed by atoms with van der Waals surface area (Å²) in [7, 11) is 1.78. The molecule has 3 amide bonds. The molecule has 39 heavy (non-hydrogen) atoms. The van der Waals surface area contributed by atoms with Crippen molar-refractivity contribution >= 4 is 23.4 Å². The molecular weight excluding hydrogens is 498 g/mol. The van der Waals surface area contributed by atoms with Crippen LogP contribution in [0.3, 0.4) is 0 Å². The van der Waals surface area contributed by atoms with Gasteiger partial charge in [0.25, 0.3) is 5.91 Å². The van der Waals surface area contributed by atoms with Crippen molar-refractivity contribution in [3.8, 4) is 5.75 Å². The zero-order valence-electron chi connectivity index (χ0n) is 22.6. The first kappa shape index (κ1) is 27.1. The number of ether oxygens (including phenoxy) is 3. The molecule has 208 valence electrons. The monoisotopic (exact) mass is 535 g/mol. The SMILES string of the molecule is C[C@@H](NC(=O)C[C@@H]1CC[C@@H]2[C@H](COc3ccc(NC(=O)C4CCOCC4)cc3C(=O)N2C)O1)c1ccccc1. The van der Waals surface area contributed by atoms with Crippen LogP contribution in [0.25, 0.3) is 0 Å². The van der Waals surface area contributed by atoms with Crippen LogP contribution in [-0.4, -0.2) is 67.7 Å². The lowest BCUT2D eigenvalue weighted by Gasteiger charge is -2.42. The smallest absolute Gasteiger partial charge is 0.257 e. The zero-order valence-corrected chi connectivity index (χ0v) is 22.6. The van der Waals surface area contributed by atoms with Crippen LogP contribution in [0.1, 0.15) is 61.0 Å². The molecule has 4 atom stereocenters. The van der Waals surface area contributed by atoms with Gasteiger partial charge in [-0.05, 0) is 56.4 Å². The van der Waals surface area contributed by atoms with Crippen molar-refractivity contribution < 1.29 is 28.6 Å². The van der Waals surface area contributed by atoms with Crippen LogP contribution in [0, 0.1) is 5.92 Å². The molecule has 2 fully saturated rings. The van der Waals surface area contributed by atoms with E-state index in [1.165, 1.54) is 0 Å². The highest BCUT2D eigenvalue weighted by Gasteiger charge is 2.39. The van der Waals surface area contributed by atoms with Crippen molar-refractivity contribution in [2.45, 2.75) is 63.3 Å². The number of hydrogen-bond donors (Lipinski definition) is 2. The number of likely N-dealkylation sites (N-methyl/N-ethyl adjacent to an activating group) is 1. The highest BCUT2D eigenvalue weighted by molar-refractivity contribution is 6.00. The van der Waals surface area contributed by atoms with E-state index in [4.69, 9.17) is 14.2 Å². The molecule has 3 aliphatic rings. The van der Waals surface area contributed by atoms with Crippen LogP contribution in [0.2, 0.25) is 0 Å². The third-order valence-corrected chi connectivity index (χ3v) is 7.96. The van der Waals surface area contributed by atoms with Crippen molar-refractivity contribution in [2.75, 3.05) is 32.2 Å². The number of nitrogens with one attached hydrogen (secondary N) is 2. The summed E-state index contributed by atoms with van der Waals surface area (Å²) < 4.78 is 17.7. The van der Waals surface area contributed by atoms with Crippen LogP contribution in [0.4, 0.5) is 5.69 Å². The minimum atomic E-state index is -0.349. The molecule has 3 aliphatic heterocycles. The van der Waals surface area contributed by atoms with E-state index in [2.05, 4.69) is 10.6 Å². The van der Waals surface area contributed by atoms with Gasteiger partial charge < -0.3 is 29.7 Å². The molecular formula is C30H37N3O6. The number of benzene rings is 2. The van der Waals surface area contributed by atoms with Crippen LogP contribution in [-0.2, 0) is 19.1 Å². The van der Waals surface area contributed by atoms with Crippen LogP contribution >= 0.6 is 0 Å². The Morgan fingerprint density at radius 3 is 2.59 bits per heavy atom. The average Bonchev–Trinajstić information content (AvgIpc) is 2.96. The summed E-state index contributed by atoms with van der Waals surface area (Å²) in [5.74, 6) is 0.0615. The van der Waals surface area contributed by atoms with Crippen molar-refractivity contribution in [1.82, 2.24) is 10.2 Å². The van der Waals surface area contributed by atoms with E-state index in [9.17, 15) is 14.4 Å². The fourth-order valence-corrected chi connectivity index (χ4v) is 5.64. The second-order valence-corrected chi connectivity index (χ2v) is 10.7. The molecule has 0 spiro atoms. The molecule has 0 aliphatic carbocycles. The van der Waals surface area contributed by atoms with Crippen LogP contribution in [0.5, 0.6) is 5.75 Å². The van der Waals surface area contributed by atoms with E-state index in [1.807, 2.05) is 37.3 Å². The maximum atomic E-state index is 13.5. The molecule has 3 heterocycles. The average molecular weight is 536 g/mol. The summed E-state index contributed by atoms with van der Waals surface area (Å²) in [6.45, 7) is 3.40. The Bertz CT molecular complexity index is 1180. The number of carbonyl (C=O) groups is 3. The molecule has 0 unspecified atom stereocenters. The van der Waals surface area contributed by atoms with Gasteiger partial charge in [0.1, 0.15) is 18.5 Å². The van der Waals surface area contributed by atoms with Crippen LogP contribution in [0.15, 0.2) is 48.5 Å². The van der Waals surface area contributed by atoms with E-state index in [0.717, 1.165) is 5.56 Å². The fourth-order valence-electron chi connectivity index (χ4n) is 5.64. The number of nitrogens with zero attached hydrogens (tertiary/aromatic N) is 1. The Balaban J connectivity index is 1.21. The summed E-state index contributed by atoms with van der Waals surface area (Å²) in [5.41, 5.74) is 2.04. The Morgan fingerprint density at radius 1 is 1.05 bits per heavy atom. The standard InChI is InChI=1S/C30H37N3O6/c1-19(20-6-4-3-5-7-20)31-28(34)17-23-9-10-25-27(39-23)18-38-26-11-8-22(16-24(26)30(36)33(25)2)32-29(35)21-12-14-37-15-13-21/h3-8,11,16,19,21,23,25,27H,9-10,12-15,17-18H2,1-2H3,(H,31,34)(H,32,35)/t19-,23+,25-,27+/m1/s1. The van der Waals surface area contributed by atoms with Gasteiger partial charge in [-0.25, -0.2) is 0 Å². The number of rotatable bonds is 6. The van der Waals surface area contributed by atoms with E-state index in [1.54, 1.807) is 30.1 Å². The molecule has 2 aromatic rings. The molecule has 0 aromatic heterocycles. The first-order valence-corrected chi connectivity index (χ1v) is 13.8. The number of carbonyl (C=O) groups excluding carboxylic acids is 3. The van der Waals surface area contributed by atoms with E-state index in [-0.39, 0.29) is 61.0 Å². The van der Waals surface area contributed by atoms with E-state index in [0.29, 0.717) is 55.9 Å². The molecule has 2 aromatic carbocycles. The van der Waals surface area contributed by atoms with Gasteiger partial charge >= 0.3 is 0 Å². The second kappa shape index (κ2) is 12.2. The number of hydrogen-bond acceptors (Lipinski definition) is 6. The summed E-state index contributed by atoms with van der Waals surface area (Å²) in [6.07, 6.45) is 2.42. The predicted molar refractivity (Wildman–Crippen MR) is 146 cm³/mol. The first-order valence-electron chi connectivity index (χ1n) is 13.8. The molecule has 2 saturated heterocycles. The molecule has 2 N–H and O–H groups in total. The Morgan fingerprint density at radius 2 is 1.82 bits per heavy atom. The van der Waals surface area contributed by atoms with Gasteiger partial charge in [0.2, 0.25) is 11.8 Å². The molecule has 9 nitrogen and oxygen atoms in total. The van der Waals surface area contributed by atoms with E-state index >= 15 is 0 Å². The molecule has 5 rings (SSSR count). The summed E-state index contributed by atoms with van der Waals surface area (Å²) in [4.78, 5) is 40.6. The fraction of sp³-hybridized carbons (Fsp3) is 0.500. The lowest BCUT2D eigenvalue weighted by molar-refractivity contribution is -0.134. The van der Waals surface area contributed by atoms with Crippen molar-refractivity contribution in [3.63, 3.8) is 0 Å². The highest BCUT2D eigenvalue weighted by atomic mass is 16.5. The largest absolute Gasteiger partial charge is 0.490 e. The van der Waals surface area contributed by atoms with Gasteiger partial charge in [0, 0.05) is 31.9 Å². The molecule has 0 bridgehead atoms. The van der Waals surface area contributed by atoms with Gasteiger partial charge in [-0.15, -0.1) is 0 Å². The van der Waals surface area contributed by atoms with Gasteiger partial charge in [-0.3, -0.25) is 14.4 Å². The second-order valence-electron chi connectivity index (χ2n) is 10.7. The predicted octanol–water partition coefficient (Wildman–Crippen LogP) is 3.70. The van der Waals surface area contributed by atoms with Gasteiger partial charge in [0.05, 0.1) is 30.2 Å². The lowest BCUT2D eigenvalue weighted by Crippen LogP contribution is -2.54. The van der Waals surface area contributed by atoms with Crippen molar-refractivity contribution in [2.24, 2.45) is 5.92 Å². The maximum Gasteiger partial charge on any atom is 0.257 e. The van der Waals surface area contributed by atoms with E-state index < -0.39 is 0 Å². The third kappa shape index (κ3) is 6.42. The third-order valence-electron chi connectivity index (χ3n) is 7.96. The quantitative estimate of drug-likeness (QED) is 0.584. The Kier molecular flexibility index (Phi) is 8.47. The molecule has 0 radical (unpaired) electrons. The van der Waals surface area contributed by atoms with Crippen LogP contribution < -0.4 is 15.4 Å². The van der Waals surface area contributed by atoms with Gasteiger partial charge in [0.15, 0.2) is 0 Å².